The second-order valence-corrected chi connectivity index (χ2v) is 6.48. The molecule has 2 N–H and O–H groups in total. The van der Waals surface area contributed by atoms with Crippen LogP contribution in [0.5, 0.6) is 0 Å². The van der Waals surface area contributed by atoms with Crippen molar-refractivity contribution in [1.82, 2.24) is 5.32 Å². The van der Waals surface area contributed by atoms with Gasteiger partial charge in [-0.15, -0.1) is 24.8 Å². The zero-order chi connectivity index (χ0) is 16.8. The zero-order valence-electron chi connectivity index (χ0n) is 15.0. The molecule has 0 saturated heterocycles. The fourth-order valence-corrected chi connectivity index (χ4v) is 2.76. The van der Waals surface area contributed by atoms with E-state index in [2.05, 4.69) is 27.7 Å². The van der Waals surface area contributed by atoms with Gasteiger partial charge in [0.1, 0.15) is 0 Å². The number of carbonyl (C=O) groups is 1. The molecule has 0 heterocycles. The van der Waals surface area contributed by atoms with Crippen molar-refractivity contribution >= 4 is 42.1 Å². The quantitative estimate of drug-likeness (QED) is 0.706. The fraction of sp³-hybridized carbons (Fsp3) is 0.350. The number of rotatable bonds is 8. The van der Waals surface area contributed by atoms with E-state index in [0.29, 0.717) is 6.54 Å². The molecule has 1 fully saturated rings. The number of anilines is 2. The van der Waals surface area contributed by atoms with E-state index in [1.807, 2.05) is 49.5 Å². The lowest BCUT2D eigenvalue weighted by atomic mass is 10.2. The van der Waals surface area contributed by atoms with Crippen LogP contribution in [0.1, 0.15) is 18.4 Å². The number of amides is 1. The van der Waals surface area contributed by atoms with E-state index in [0.717, 1.165) is 30.4 Å². The third-order valence-corrected chi connectivity index (χ3v) is 4.27. The summed E-state index contributed by atoms with van der Waals surface area (Å²) in [6.45, 7) is 2.11. The Morgan fingerprint density at radius 2 is 1.69 bits per heavy atom. The van der Waals surface area contributed by atoms with Crippen LogP contribution in [0, 0.1) is 5.92 Å². The van der Waals surface area contributed by atoms with Crippen molar-refractivity contribution in [3.05, 3.63) is 60.2 Å². The van der Waals surface area contributed by atoms with Crippen LogP contribution >= 0.6 is 24.8 Å². The molecule has 142 valence electrons. The minimum atomic E-state index is 0. The first-order valence-corrected chi connectivity index (χ1v) is 8.57. The maximum Gasteiger partial charge on any atom is 0.238 e. The molecule has 0 radical (unpaired) electrons. The van der Waals surface area contributed by atoms with Gasteiger partial charge in [0.2, 0.25) is 5.91 Å². The van der Waals surface area contributed by atoms with Gasteiger partial charge in [-0.3, -0.25) is 4.79 Å². The molecule has 0 bridgehead atoms. The van der Waals surface area contributed by atoms with Gasteiger partial charge in [0, 0.05) is 13.6 Å². The maximum atomic E-state index is 12.2. The monoisotopic (exact) mass is 395 g/mol. The van der Waals surface area contributed by atoms with Crippen molar-refractivity contribution in [2.24, 2.45) is 5.92 Å². The van der Waals surface area contributed by atoms with Crippen LogP contribution < -0.4 is 15.5 Å². The minimum Gasteiger partial charge on any atom is -0.369 e. The summed E-state index contributed by atoms with van der Waals surface area (Å²) in [6, 6.07) is 18.3. The van der Waals surface area contributed by atoms with Crippen LogP contribution in [0.3, 0.4) is 0 Å². The van der Waals surface area contributed by atoms with Gasteiger partial charge in [0.05, 0.1) is 17.9 Å². The number of nitrogens with one attached hydrogen (secondary N) is 2. The molecule has 0 aliphatic heterocycles. The van der Waals surface area contributed by atoms with Crippen molar-refractivity contribution in [2.45, 2.75) is 19.4 Å². The van der Waals surface area contributed by atoms with Crippen molar-refractivity contribution in [3.63, 3.8) is 0 Å². The van der Waals surface area contributed by atoms with Crippen LogP contribution in [-0.2, 0) is 11.3 Å². The Labute approximate surface area is 168 Å². The summed E-state index contributed by atoms with van der Waals surface area (Å²) in [4.78, 5) is 14.3. The summed E-state index contributed by atoms with van der Waals surface area (Å²) >= 11 is 0. The predicted octanol–water partition coefficient (Wildman–Crippen LogP) is 4.10. The SMILES string of the molecule is CN(Cc1ccccc1)c1ccccc1NC(=O)CNCC1CC1.Cl.Cl. The van der Waals surface area contributed by atoms with Gasteiger partial charge in [0.15, 0.2) is 0 Å². The average molecular weight is 396 g/mol. The Hall–Kier alpha value is -1.75. The van der Waals surface area contributed by atoms with E-state index in [1.165, 1.54) is 18.4 Å². The van der Waals surface area contributed by atoms with Crippen LogP contribution in [0.2, 0.25) is 0 Å². The van der Waals surface area contributed by atoms with Crippen LogP contribution in [0.25, 0.3) is 0 Å². The summed E-state index contributed by atoms with van der Waals surface area (Å²) < 4.78 is 0. The number of hydrogen-bond acceptors (Lipinski definition) is 3. The molecule has 0 unspecified atom stereocenters. The molecule has 3 rings (SSSR count). The highest BCUT2D eigenvalue weighted by Gasteiger charge is 2.20. The van der Waals surface area contributed by atoms with E-state index in [4.69, 9.17) is 0 Å². The molecule has 1 aliphatic carbocycles. The van der Waals surface area contributed by atoms with Gasteiger partial charge in [-0.1, -0.05) is 42.5 Å². The molecular weight excluding hydrogens is 369 g/mol. The number of benzene rings is 2. The summed E-state index contributed by atoms with van der Waals surface area (Å²) in [5, 5.41) is 6.26. The summed E-state index contributed by atoms with van der Waals surface area (Å²) in [6.07, 6.45) is 2.59. The van der Waals surface area contributed by atoms with Gasteiger partial charge in [-0.2, -0.15) is 0 Å². The maximum absolute atomic E-state index is 12.2. The molecule has 6 heteroatoms. The van der Waals surface area contributed by atoms with Crippen molar-refractivity contribution < 1.29 is 4.79 Å². The lowest BCUT2D eigenvalue weighted by molar-refractivity contribution is -0.115. The van der Waals surface area contributed by atoms with Gasteiger partial charge < -0.3 is 15.5 Å². The van der Waals surface area contributed by atoms with E-state index < -0.39 is 0 Å². The number of nitrogens with zero attached hydrogens (tertiary/aromatic N) is 1. The molecule has 1 aliphatic rings. The Morgan fingerprint density at radius 1 is 1.04 bits per heavy atom. The first kappa shape index (κ1) is 22.3. The second kappa shape index (κ2) is 11.1. The Balaban J connectivity index is 0.00000169. The van der Waals surface area contributed by atoms with Gasteiger partial charge in [-0.05, 0) is 43.0 Å². The highest BCUT2D eigenvalue weighted by atomic mass is 35.5. The number of hydrogen-bond donors (Lipinski definition) is 2. The van der Waals surface area contributed by atoms with Gasteiger partial charge in [-0.25, -0.2) is 0 Å². The fourth-order valence-electron chi connectivity index (χ4n) is 2.76. The lowest BCUT2D eigenvalue weighted by Gasteiger charge is -2.23. The molecule has 1 amide bonds. The molecule has 2 aromatic carbocycles. The van der Waals surface area contributed by atoms with Gasteiger partial charge in [0.25, 0.3) is 0 Å². The molecule has 2 aromatic rings. The molecule has 0 atom stereocenters. The molecule has 26 heavy (non-hydrogen) atoms. The number of carbonyl (C=O) groups excluding carboxylic acids is 1. The molecule has 1 saturated carbocycles. The normalized spacial score (nSPS) is 12.5. The molecule has 0 spiro atoms. The van der Waals surface area contributed by atoms with E-state index >= 15 is 0 Å². The Morgan fingerprint density at radius 3 is 2.38 bits per heavy atom. The van der Waals surface area contributed by atoms with Gasteiger partial charge >= 0.3 is 0 Å². The standard InChI is InChI=1S/C20H25N3O.2ClH/c1-23(15-17-7-3-2-4-8-17)19-10-6-5-9-18(19)22-20(24)14-21-13-16-11-12-16;;/h2-10,16,21H,11-15H2,1H3,(H,22,24);2*1H. The average Bonchev–Trinajstić information content (AvgIpc) is 3.40. The highest BCUT2D eigenvalue weighted by Crippen LogP contribution is 2.27. The summed E-state index contributed by atoms with van der Waals surface area (Å²) in [7, 11) is 2.04. The van der Waals surface area contributed by atoms with E-state index in [1.54, 1.807) is 0 Å². The van der Waals surface area contributed by atoms with Crippen molar-refractivity contribution in [1.29, 1.82) is 0 Å². The number of halogens is 2. The van der Waals surface area contributed by atoms with Crippen LogP contribution in [0.4, 0.5) is 11.4 Å². The Kier molecular flexibility index (Phi) is 9.49. The van der Waals surface area contributed by atoms with E-state index in [-0.39, 0.29) is 30.7 Å². The first-order valence-electron chi connectivity index (χ1n) is 8.57. The molecule has 4 nitrogen and oxygen atoms in total. The minimum absolute atomic E-state index is 0. The molecular formula is C20H27Cl2N3O. The van der Waals surface area contributed by atoms with Crippen LogP contribution in [-0.4, -0.2) is 26.0 Å². The highest BCUT2D eigenvalue weighted by molar-refractivity contribution is 5.95. The Bertz CT molecular complexity index is 678. The summed E-state index contributed by atoms with van der Waals surface area (Å²) in [5.41, 5.74) is 3.12. The third kappa shape index (κ3) is 6.87. The zero-order valence-corrected chi connectivity index (χ0v) is 16.6. The molecule has 0 aromatic heterocycles. The third-order valence-electron chi connectivity index (χ3n) is 4.27. The van der Waals surface area contributed by atoms with Crippen LogP contribution in [0.15, 0.2) is 54.6 Å². The second-order valence-electron chi connectivity index (χ2n) is 6.48. The largest absolute Gasteiger partial charge is 0.369 e. The first-order chi connectivity index (χ1) is 11.7. The number of para-hydroxylation sites is 2. The van der Waals surface area contributed by atoms with Crippen molar-refractivity contribution in [3.8, 4) is 0 Å². The predicted molar refractivity (Wildman–Crippen MR) is 114 cm³/mol. The summed E-state index contributed by atoms with van der Waals surface area (Å²) in [5.74, 6) is 0.790. The topological polar surface area (TPSA) is 44.4 Å². The van der Waals surface area contributed by atoms with Crippen molar-refractivity contribution in [2.75, 3.05) is 30.4 Å². The smallest absolute Gasteiger partial charge is 0.238 e. The van der Waals surface area contributed by atoms with E-state index in [9.17, 15) is 4.79 Å². The lowest BCUT2D eigenvalue weighted by Crippen LogP contribution is -2.30.